The van der Waals surface area contributed by atoms with Crippen LogP contribution in [0.4, 0.5) is 5.69 Å². The number of amides is 2. The summed E-state index contributed by atoms with van der Waals surface area (Å²) < 4.78 is 0. The summed E-state index contributed by atoms with van der Waals surface area (Å²) in [4.78, 5) is 26.5. The number of nitriles is 1. The molecule has 0 radical (unpaired) electrons. The molecule has 2 amide bonds. The lowest BCUT2D eigenvalue weighted by molar-refractivity contribution is -0.145. The minimum Gasteiger partial charge on any atom is -0.336 e. The molecule has 5 heteroatoms. The Balaban J connectivity index is 2.35. The molecule has 1 aromatic carbocycles. The van der Waals surface area contributed by atoms with Gasteiger partial charge in [0.05, 0.1) is 12.5 Å². The van der Waals surface area contributed by atoms with Crippen LogP contribution in [0.3, 0.4) is 0 Å². The minimum atomic E-state index is -0.533. The maximum absolute atomic E-state index is 11.9. The summed E-state index contributed by atoms with van der Waals surface area (Å²) in [5.41, 5.74) is 1.43. The van der Waals surface area contributed by atoms with E-state index >= 15 is 0 Å². The molecule has 5 nitrogen and oxygen atoms in total. The molecule has 2 rings (SSSR count). The number of piperazine rings is 1. The Kier molecular flexibility index (Phi) is 3.28. The second kappa shape index (κ2) is 4.88. The first kappa shape index (κ1) is 12.1. The van der Waals surface area contributed by atoms with Crippen LogP contribution in [0.1, 0.15) is 5.56 Å². The fourth-order valence-electron chi connectivity index (χ4n) is 1.97. The molecule has 0 aliphatic carbocycles. The summed E-state index contributed by atoms with van der Waals surface area (Å²) >= 11 is 0. The third-order valence-corrected chi connectivity index (χ3v) is 2.99. The van der Waals surface area contributed by atoms with Crippen molar-refractivity contribution in [3.05, 3.63) is 29.8 Å². The highest BCUT2D eigenvalue weighted by Crippen LogP contribution is 2.22. The molecule has 0 bridgehead atoms. The van der Waals surface area contributed by atoms with Crippen molar-refractivity contribution in [1.82, 2.24) is 4.90 Å². The Hall–Kier alpha value is -2.35. The van der Waals surface area contributed by atoms with Gasteiger partial charge in [0.25, 0.3) is 0 Å². The van der Waals surface area contributed by atoms with Crippen LogP contribution in [-0.4, -0.2) is 36.9 Å². The van der Waals surface area contributed by atoms with Gasteiger partial charge in [-0.2, -0.15) is 5.26 Å². The Morgan fingerprint density at radius 1 is 1.22 bits per heavy atom. The van der Waals surface area contributed by atoms with Gasteiger partial charge in [-0.3, -0.25) is 9.59 Å². The van der Waals surface area contributed by atoms with Gasteiger partial charge in [0.2, 0.25) is 0 Å². The number of benzene rings is 1. The average molecular weight is 243 g/mol. The Morgan fingerprint density at radius 2 is 1.94 bits per heavy atom. The lowest BCUT2D eigenvalue weighted by atomic mass is 10.1. The van der Waals surface area contributed by atoms with Crippen LogP contribution in [0.5, 0.6) is 0 Å². The van der Waals surface area contributed by atoms with E-state index in [2.05, 4.69) is 6.07 Å². The number of carbonyl (C=O) groups excluding carboxylic acids is 2. The van der Waals surface area contributed by atoms with Gasteiger partial charge in [-0.1, -0.05) is 18.2 Å². The molecule has 1 heterocycles. The van der Waals surface area contributed by atoms with E-state index in [-0.39, 0.29) is 6.42 Å². The SMILES string of the molecule is CN1CCN(c2ccccc2CC#N)C(=O)C1=O. The van der Waals surface area contributed by atoms with Crippen LogP contribution >= 0.6 is 0 Å². The first-order chi connectivity index (χ1) is 8.65. The van der Waals surface area contributed by atoms with Crippen LogP contribution in [0.25, 0.3) is 0 Å². The summed E-state index contributed by atoms with van der Waals surface area (Å²) in [6.07, 6.45) is 0.226. The molecular weight excluding hydrogens is 230 g/mol. The maximum atomic E-state index is 11.9. The number of carbonyl (C=O) groups is 2. The van der Waals surface area contributed by atoms with Crippen LogP contribution in [0.2, 0.25) is 0 Å². The highest BCUT2D eigenvalue weighted by atomic mass is 16.2. The Morgan fingerprint density at radius 3 is 2.67 bits per heavy atom. The van der Waals surface area contributed by atoms with Crippen molar-refractivity contribution in [3.8, 4) is 6.07 Å². The Labute approximate surface area is 105 Å². The number of para-hydroxylation sites is 1. The number of hydrogen-bond donors (Lipinski definition) is 0. The smallest absolute Gasteiger partial charge is 0.316 e. The maximum Gasteiger partial charge on any atom is 0.316 e. The average Bonchev–Trinajstić information content (AvgIpc) is 2.38. The molecule has 0 aromatic heterocycles. The summed E-state index contributed by atoms with van der Waals surface area (Å²) in [6, 6.07) is 9.25. The van der Waals surface area contributed by atoms with Crippen molar-refractivity contribution >= 4 is 17.5 Å². The number of nitrogens with zero attached hydrogens (tertiary/aromatic N) is 3. The van der Waals surface area contributed by atoms with Gasteiger partial charge in [-0.25, -0.2) is 0 Å². The highest BCUT2D eigenvalue weighted by Gasteiger charge is 2.31. The largest absolute Gasteiger partial charge is 0.336 e. The third-order valence-electron chi connectivity index (χ3n) is 2.99. The van der Waals surface area contributed by atoms with Gasteiger partial charge in [0.15, 0.2) is 0 Å². The predicted molar refractivity (Wildman–Crippen MR) is 65.7 cm³/mol. The van der Waals surface area contributed by atoms with E-state index in [9.17, 15) is 9.59 Å². The zero-order chi connectivity index (χ0) is 13.1. The van der Waals surface area contributed by atoms with Gasteiger partial charge in [0.1, 0.15) is 0 Å². The fourth-order valence-corrected chi connectivity index (χ4v) is 1.97. The molecule has 1 aliphatic rings. The first-order valence-electron chi connectivity index (χ1n) is 5.67. The molecule has 18 heavy (non-hydrogen) atoms. The first-order valence-corrected chi connectivity index (χ1v) is 5.67. The lowest BCUT2D eigenvalue weighted by Gasteiger charge is -2.32. The molecule has 1 saturated heterocycles. The standard InChI is InChI=1S/C13H13N3O2/c1-15-8-9-16(13(18)12(15)17)11-5-3-2-4-10(11)6-7-14/h2-5H,6,8-9H2,1H3. The van der Waals surface area contributed by atoms with E-state index in [1.807, 2.05) is 6.07 Å². The molecule has 1 aromatic rings. The predicted octanol–water partition coefficient (Wildman–Crippen LogP) is 0.558. The zero-order valence-electron chi connectivity index (χ0n) is 10.1. The second-order valence-electron chi connectivity index (χ2n) is 4.15. The molecule has 0 spiro atoms. The van der Waals surface area contributed by atoms with Crippen molar-refractivity contribution in [1.29, 1.82) is 5.26 Å². The van der Waals surface area contributed by atoms with Gasteiger partial charge in [-0.15, -0.1) is 0 Å². The van der Waals surface area contributed by atoms with Crippen LogP contribution in [0.15, 0.2) is 24.3 Å². The van der Waals surface area contributed by atoms with Gasteiger partial charge >= 0.3 is 11.8 Å². The van der Waals surface area contributed by atoms with Crippen molar-refractivity contribution in [2.75, 3.05) is 25.0 Å². The van der Waals surface area contributed by atoms with Crippen molar-refractivity contribution in [3.63, 3.8) is 0 Å². The van der Waals surface area contributed by atoms with E-state index < -0.39 is 11.8 Å². The molecule has 92 valence electrons. The van der Waals surface area contributed by atoms with Gasteiger partial charge in [0, 0.05) is 25.8 Å². The van der Waals surface area contributed by atoms with E-state index in [4.69, 9.17) is 5.26 Å². The van der Waals surface area contributed by atoms with Gasteiger partial charge < -0.3 is 9.80 Å². The van der Waals surface area contributed by atoms with E-state index in [1.165, 1.54) is 9.80 Å². The lowest BCUT2D eigenvalue weighted by Crippen LogP contribution is -2.53. The number of anilines is 1. The molecule has 0 N–H and O–H groups in total. The number of likely N-dealkylation sites (N-methyl/N-ethyl adjacent to an activating group) is 1. The third kappa shape index (κ3) is 2.05. The minimum absolute atomic E-state index is 0.226. The van der Waals surface area contributed by atoms with Crippen LogP contribution in [-0.2, 0) is 16.0 Å². The molecule has 0 saturated carbocycles. The van der Waals surface area contributed by atoms with E-state index in [0.717, 1.165) is 5.56 Å². The molecule has 1 aliphatic heterocycles. The van der Waals surface area contributed by atoms with E-state index in [0.29, 0.717) is 18.8 Å². The second-order valence-corrected chi connectivity index (χ2v) is 4.15. The summed E-state index contributed by atoms with van der Waals surface area (Å²) in [5, 5.41) is 8.77. The topological polar surface area (TPSA) is 64.4 Å². The molecule has 0 unspecified atom stereocenters. The normalized spacial score (nSPS) is 15.8. The number of hydrogen-bond acceptors (Lipinski definition) is 3. The van der Waals surface area contributed by atoms with Crippen molar-refractivity contribution in [2.45, 2.75) is 6.42 Å². The van der Waals surface area contributed by atoms with E-state index in [1.54, 1.807) is 25.2 Å². The zero-order valence-corrected chi connectivity index (χ0v) is 10.1. The summed E-state index contributed by atoms with van der Waals surface area (Å²) in [5.74, 6) is -1.04. The van der Waals surface area contributed by atoms with Gasteiger partial charge in [-0.05, 0) is 11.6 Å². The fraction of sp³-hybridized carbons (Fsp3) is 0.308. The summed E-state index contributed by atoms with van der Waals surface area (Å²) in [7, 11) is 1.61. The van der Waals surface area contributed by atoms with Crippen molar-refractivity contribution < 1.29 is 9.59 Å². The number of rotatable bonds is 2. The summed E-state index contributed by atoms with van der Waals surface area (Å²) in [6.45, 7) is 0.967. The quantitative estimate of drug-likeness (QED) is 0.713. The van der Waals surface area contributed by atoms with Crippen LogP contribution in [0, 0.1) is 11.3 Å². The van der Waals surface area contributed by atoms with Crippen LogP contribution < -0.4 is 4.90 Å². The molecule has 0 atom stereocenters. The molecule has 1 fully saturated rings. The molecular formula is C13H13N3O2. The highest BCUT2D eigenvalue weighted by molar-refractivity contribution is 6.41. The van der Waals surface area contributed by atoms with Crippen molar-refractivity contribution in [2.24, 2.45) is 0 Å². The monoisotopic (exact) mass is 243 g/mol. The Bertz CT molecular complexity index is 533.